The number of rotatable bonds is 3. The number of carboxylic acids is 1. The zero-order chi connectivity index (χ0) is 14.6. The van der Waals surface area contributed by atoms with E-state index < -0.39 is 36.6 Å². The Balaban J connectivity index is 2.47. The molecule has 0 aromatic carbocycles. The standard InChI is InChI=1S/C11H17F3N2O3/c1-7(5-11(12,13)14)15-10(19)16-4-2-3-8(6-16)9(17)18/h7-8H,2-6H2,1H3,(H,15,19)(H,17,18). The number of hydrogen-bond acceptors (Lipinski definition) is 2. The van der Waals surface area contributed by atoms with Gasteiger partial charge in [-0.05, 0) is 19.8 Å². The molecule has 5 nitrogen and oxygen atoms in total. The molecule has 8 heteroatoms. The van der Waals surface area contributed by atoms with Crippen LogP contribution in [0.15, 0.2) is 0 Å². The average Bonchev–Trinajstić information content (AvgIpc) is 2.26. The van der Waals surface area contributed by atoms with E-state index in [1.165, 1.54) is 11.8 Å². The fraction of sp³-hybridized carbons (Fsp3) is 0.818. The molecule has 1 heterocycles. The minimum absolute atomic E-state index is 0.0416. The second kappa shape index (κ2) is 6.12. The Labute approximate surface area is 108 Å². The third-order valence-corrected chi connectivity index (χ3v) is 2.97. The number of piperidine rings is 1. The number of carbonyl (C=O) groups excluding carboxylic acids is 1. The first kappa shape index (κ1) is 15.6. The molecule has 0 bridgehead atoms. The predicted molar refractivity (Wildman–Crippen MR) is 60.6 cm³/mol. The van der Waals surface area contributed by atoms with Crippen LogP contribution < -0.4 is 5.32 Å². The molecule has 1 aliphatic rings. The molecule has 2 atom stereocenters. The Kier molecular flexibility index (Phi) is 5.02. The van der Waals surface area contributed by atoms with Gasteiger partial charge >= 0.3 is 18.2 Å². The molecule has 0 saturated carbocycles. The molecule has 1 saturated heterocycles. The first-order valence-electron chi connectivity index (χ1n) is 6.04. The molecule has 2 amide bonds. The number of halogens is 3. The number of hydrogen-bond donors (Lipinski definition) is 2. The lowest BCUT2D eigenvalue weighted by Crippen LogP contribution is -2.49. The van der Waals surface area contributed by atoms with E-state index in [1.54, 1.807) is 0 Å². The highest BCUT2D eigenvalue weighted by Crippen LogP contribution is 2.22. The highest BCUT2D eigenvalue weighted by Gasteiger charge is 2.32. The van der Waals surface area contributed by atoms with Crippen LogP contribution in [0.3, 0.4) is 0 Å². The van der Waals surface area contributed by atoms with E-state index in [1.807, 2.05) is 0 Å². The van der Waals surface area contributed by atoms with Crippen LogP contribution in [0.2, 0.25) is 0 Å². The van der Waals surface area contributed by atoms with Crippen molar-refractivity contribution in [2.75, 3.05) is 13.1 Å². The molecule has 1 fully saturated rings. The van der Waals surface area contributed by atoms with Gasteiger partial charge in [0.1, 0.15) is 0 Å². The van der Waals surface area contributed by atoms with Gasteiger partial charge in [-0.3, -0.25) is 4.79 Å². The van der Waals surface area contributed by atoms with Crippen LogP contribution in [0.1, 0.15) is 26.2 Å². The SMILES string of the molecule is CC(CC(F)(F)F)NC(=O)N1CCCC(C(=O)O)C1. The molecular formula is C11H17F3N2O3. The topological polar surface area (TPSA) is 69.6 Å². The first-order chi connectivity index (χ1) is 8.69. The van der Waals surface area contributed by atoms with Gasteiger partial charge in [-0.1, -0.05) is 0 Å². The van der Waals surface area contributed by atoms with Gasteiger partial charge in [-0.25, -0.2) is 4.79 Å². The van der Waals surface area contributed by atoms with Crippen LogP contribution in [0, 0.1) is 5.92 Å². The number of aliphatic carboxylic acids is 1. The third kappa shape index (κ3) is 5.35. The van der Waals surface area contributed by atoms with Crippen molar-refractivity contribution in [3.63, 3.8) is 0 Å². The maximum absolute atomic E-state index is 12.1. The van der Waals surface area contributed by atoms with E-state index >= 15 is 0 Å². The van der Waals surface area contributed by atoms with Crippen molar-refractivity contribution in [2.24, 2.45) is 5.92 Å². The molecule has 1 aliphatic heterocycles. The Morgan fingerprint density at radius 2 is 2.11 bits per heavy atom. The molecular weight excluding hydrogens is 265 g/mol. The van der Waals surface area contributed by atoms with E-state index in [0.717, 1.165) is 0 Å². The van der Waals surface area contributed by atoms with Gasteiger partial charge in [0.05, 0.1) is 12.3 Å². The van der Waals surface area contributed by atoms with E-state index in [0.29, 0.717) is 19.4 Å². The minimum atomic E-state index is -4.34. The molecule has 110 valence electrons. The second-order valence-electron chi connectivity index (χ2n) is 4.79. The van der Waals surface area contributed by atoms with Crippen molar-refractivity contribution in [3.05, 3.63) is 0 Å². The lowest BCUT2D eigenvalue weighted by Gasteiger charge is -2.31. The van der Waals surface area contributed by atoms with Crippen molar-refractivity contribution >= 4 is 12.0 Å². The van der Waals surface area contributed by atoms with Crippen molar-refractivity contribution in [2.45, 2.75) is 38.4 Å². The summed E-state index contributed by atoms with van der Waals surface area (Å²) in [5, 5.41) is 11.1. The van der Waals surface area contributed by atoms with E-state index in [-0.39, 0.29) is 6.54 Å². The number of carbonyl (C=O) groups is 2. The zero-order valence-electron chi connectivity index (χ0n) is 10.5. The van der Waals surface area contributed by atoms with Crippen molar-refractivity contribution in [3.8, 4) is 0 Å². The summed E-state index contributed by atoms with van der Waals surface area (Å²) in [6.07, 6.45) is -4.41. The number of nitrogens with one attached hydrogen (secondary N) is 1. The van der Waals surface area contributed by atoms with E-state index in [2.05, 4.69) is 5.32 Å². The van der Waals surface area contributed by atoms with Gasteiger partial charge in [0.2, 0.25) is 0 Å². The quantitative estimate of drug-likeness (QED) is 0.829. The smallest absolute Gasteiger partial charge is 0.391 e. The summed E-state index contributed by atoms with van der Waals surface area (Å²) >= 11 is 0. The van der Waals surface area contributed by atoms with Crippen LogP contribution in [0.5, 0.6) is 0 Å². The molecule has 19 heavy (non-hydrogen) atoms. The monoisotopic (exact) mass is 282 g/mol. The van der Waals surface area contributed by atoms with Gasteiger partial charge in [-0.2, -0.15) is 13.2 Å². The fourth-order valence-electron chi connectivity index (χ4n) is 2.06. The van der Waals surface area contributed by atoms with Crippen LogP contribution in [-0.2, 0) is 4.79 Å². The van der Waals surface area contributed by atoms with Gasteiger partial charge in [-0.15, -0.1) is 0 Å². The normalized spacial score (nSPS) is 21.9. The average molecular weight is 282 g/mol. The maximum atomic E-state index is 12.1. The summed E-state index contributed by atoms with van der Waals surface area (Å²) in [6, 6.07) is -1.67. The molecule has 0 aromatic rings. The minimum Gasteiger partial charge on any atom is -0.481 e. The summed E-state index contributed by atoms with van der Waals surface area (Å²) in [7, 11) is 0. The molecule has 0 aliphatic carbocycles. The summed E-state index contributed by atoms with van der Waals surface area (Å²) in [5.74, 6) is -1.63. The Hall–Kier alpha value is -1.47. The maximum Gasteiger partial charge on any atom is 0.391 e. The number of likely N-dealkylation sites (tertiary alicyclic amines) is 1. The third-order valence-electron chi connectivity index (χ3n) is 2.97. The van der Waals surface area contributed by atoms with Crippen LogP contribution in [0.25, 0.3) is 0 Å². The van der Waals surface area contributed by atoms with Crippen molar-refractivity contribution in [1.82, 2.24) is 10.2 Å². The molecule has 0 spiro atoms. The molecule has 2 unspecified atom stereocenters. The van der Waals surface area contributed by atoms with Crippen LogP contribution >= 0.6 is 0 Å². The zero-order valence-corrected chi connectivity index (χ0v) is 10.5. The summed E-state index contributed by atoms with van der Waals surface area (Å²) in [5.41, 5.74) is 0. The number of carboxylic acid groups (broad SMARTS) is 1. The van der Waals surface area contributed by atoms with E-state index in [9.17, 15) is 22.8 Å². The van der Waals surface area contributed by atoms with Crippen molar-refractivity contribution < 1.29 is 27.9 Å². The second-order valence-corrected chi connectivity index (χ2v) is 4.79. The van der Waals surface area contributed by atoms with Gasteiger partial charge in [0, 0.05) is 19.1 Å². The van der Waals surface area contributed by atoms with Gasteiger partial charge in [0.15, 0.2) is 0 Å². The lowest BCUT2D eigenvalue weighted by atomic mass is 9.99. The molecule has 0 aromatic heterocycles. The van der Waals surface area contributed by atoms with Crippen molar-refractivity contribution in [1.29, 1.82) is 0 Å². The lowest BCUT2D eigenvalue weighted by molar-refractivity contribution is -0.143. The van der Waals surface area contributed by atoms with E-state index in [4.69, 9.17) is 5.11 Å². The fourth-order valence-corrected chi connectivity index (χ4v) is 2.06. The first-order valence-corrected chi connectivity index (χ1v) is 6.04. The van der Waals surface area contributed by atoms with Gasteiger partial charge < -0.3 is 15.3 Å². The number of amides is 2. The Morgan fingerprint density at radius 1 is 1.47 bits per heavy atom. The summed E-state index contributed by atoms with van der Waals surface area (Å²) in [4.78, 5) is 23.8. The highest BCUT2D eigenvalue weighted by molar-refractivity contribution is 5.76. The predicted octanol–water partition coefficient (Wildman–Crippen LogP) is 1.83. The Bertz CT molecular complexity index is 347. The summed E-state index contributed by atoms with van der Waals surface area (Å²) < 4.78 is 36.4. The number of alkyl halides is 3. The number of nitrogens with zero attached hydrogens (tertiary/aromatic N) is 1. The van der Waals surface area contributed by atoms with Crippen LogP contribution in [-0.4, -0.2) is 47.3 Å². The van der Waals surface area contributed by atoms with Crippen LogP contribution in [0.4, 0.5) is 18.0 Å². The summed E-state index contributed by atoms with van der Waals surface area (Å²) in [6.45, 7) is 1.68. The molecule has 1 rings (SSSR count). The molecule has 0 radical (unpaired) electrons. The largest absolute Gasteiger partial charge is 0.481 e. The Morgan fingerprint density at radius 3 is 2.63 bits per heavy atom. The molecule has 2 N–H and O–H groups in total. The highest BCUT2D eigenvalue weighted by atomic mass is 19.4. The van der Waals surface area contributed by atoms with Gasteiger partial charge in [0.25, 0.3) is 0 Å². The number of urea groups is 1.